The largest absolute Gasteiger partial charge is 0.311 e. The number of hydrogen-bond acceptors (Lipinski definition) is 2. The third-order valence-electron chi connectivity index (χ3n) is 2.56. The van der Waals surface area contributed by atoms with Gasteiger partial charge >= 0.3 is 0 Å². The zero-order valence-electron chi connectivity index (χ0n) is 9.74. The van der Waals surface area contributed by atoms with E-state index in [2.05, 4.69) is 43.7 Å². The quantitative estimate of drug-likeness (QED) is 0.806. The number of alkyl halides is 1. The molecule has 5 heteroatoms. The molecule has 90 valence electrons. The first-order chi connectivity index (χ1) is 8.15. The maximum absolute atomic E-state index is 6.07. The van der Waals surface area contributed by atoms with Crippen LogP contribution in [0.15, 0.2) is 18.2 Å². The van der Waals surface area contributed by atoms with E-state index in [4.69, 9.17) is 11.6 Å². The Bertz CT molecular complexity index is 516. The molecule has 2 rings (SSSR count). The highest BCUT2D eigenvalue weighted by atomic mass is 79.9. The molecule has 0 radical (unpaired) electrons. The minimum Gasteiger partial charge on any atom is -0.311 e. The van der Waals surface area contributed by atoms with Crippen LogP contribution in [0.4, 0.5) is 0 Å². The van der Waals surface area contributed by atoms with Gasteiger partial charge in [-0.2, -0.15) is 0 Å². The van der Waals surface area contributed by atoms with Gasteiger partial charge in [-0.15, -0.1) is 10.2 Å². The van der Waals surface area contributed by atoms with Crippen LogP contribution in [-0.2, 0) is 11.9 Å². The minimum absolute atomic E-state index is 0.702. The third-order valence-corrected chi connectivity index (χ3v) is 3.28. The number of nitrogens with zero attached hydrogens (tertiary/aromatic N) is 3. The lowest BCUT2D eigenvalue weighted by atomic mass is 10.1. The molecule has 17 heavy (non-hydrogen) atoms. The number of halogens is 2. The summed E-state index contributed by atoms with van der Waals surface area (Å²) in [5.41, 5.74) is 2.13. The Kier molecular flexibility index (Phi) is 3.84. The maximum Gasteiger partial charge on any atom is 0.164 e. The van der Waals surface area contributed by atoms with E-state index in [9.17, 15) is 0 Å². The van der Waals surface area contributed by atoms with Gasteiger partial charge in [-0.25, -0.2) is 0 Å². The molecule has 0 amide bonds. The average molecular weight is 315 g/mol. The summed E-state index contributed by atoms with van der Waals surface area (Å²) in [6.07, 6.45) is 0. The number of aromatic nitrogens is 3. The Hall–Kier alpha value is -0.870. The molecule has 3 nitrogen and oxygen atoms in total. The molecule has 0 fully saturated rings. The number of benzene rings is 1. The van der Waals surface area contributed by atoms with Crippen molar-refractivity contribution in [1.29, 1.82) is 0 Å². The molecule has 0 atom stereocenters. The van der Waals surface area contributed by atoms with Crippen molar-refractivity contribution in [3.05, 3.63) is 34.6 Å². The van der Waals surface area contributed by atoms with E-state index >= 15 is 0 Å². The summed E-state index contributed by atoms with van der Waals surface area (Å²) in [4.78, 5) is 0. The highest BCUT2D eigenvalue weighted by Gasteiger charge is 2.12. The predicted octanol–water partition coefficient (Wildman–Crippen LogP) is 3.82. The predicted molar refractivity (Wildman–Crippen MR) is 73.5 cm³/mol. The average Bonchev–Trinajstić information content (AvgIpc) is 2.70. The van der Waals surface area contributed by atoms with Crippen molar-refractivity contribution in [3.63, 3.8) is 0 Å². The van der Waals surface area contributed by atoms with Crippen LogP contribution in [0.25, 0.3) is 11.4 Å². The van der Waals surface area contributed by atoms with Gasteiger partial charge in [0.1, 0.15) is 5.82 Å². The van der Waals surface area contributed by atoms with Crippen LogP contribution in [-0.4, -0.2) is 14.8 Å². The number of hydrogen-bond donors (Lipinski definition) is 0. The van der Waals surface area contributed by atoms with Gasteiger partial charge in [0.05, 0.1) is 5.33 Å². The highest BCUT2D eigenvalue weighted by Crippen LogP contribution is 2.24. The van der Waals surface area contributed by atoms with Crippen LogP contribution in [0.1, 0.15) is 18.3 Å². The summed E-state index contributed by atoms with van der Waals surface area (Å²) in [7, 11) is 0. The van der Waals surface area contributed by atoms with Gasteiger partial charge < -0.3 is 4.57 Å². The first-order valence-electron chi connectivity index (χ1n) is 5.41. The number of rotatable bonds is 3. The van der Waals surface area contributed by atoms with Gasteiger partial charge in [-0.1, -0.05) is 27.5 Å². The second-order valence-electron chi connectivity index (χ2n) is 3.83. The van der Waals surface area contributed by atoms with Crippen molar-refractivity contribution >= 4 is 27.5 Å². The SMILES string of the molecule is CCn1c(CBr)nnc1-c1cc(C)cc(Cl)c1. The van der Waals surface area contributed by atoms with E-state index in [0.717, 1.165) is 34.3 Å². The van der Waals surface area contributed by atoms with Gasteiger partial charge in [0.15, 0.2) is 5.82 Å². The van der Waals surface area contributed by atoms with Crippen molar-refractivity contribution < 1.29 is 0 Å². The lowest BCUT2D eigenvalue weighted by Crippen LogP contribution is -2.01. The second-order valence-corrected chi connectivity index (χ2v) is 4.83. The maximum atomic E-state index is 6.07. The zero-order chi connectivity index (χ0) is 12.4. The van der Waals surface area contributed by atoms with Gasteiger partial charge in [-0.05, 0) is 37.6 Å². The van der Waals surface area contributed by atoms with Crippen molar-refractivity contribution in [1.82, 2.24) is 14.8 Å². The van der Waals surface area contributed by atoms with E-state index < -0.39 is 0 Å². The summed E-state index contributed by atoms with van der Waals surface area (Å²) in [6, 6.07) is 5.92. The first-order valence-corrected chi connectivity index (χ1v) is 6.91. The highest BCUT2D eigenvalue weighted by molar-refractivity contribution is 9.08. The van der Waals surface area contributed by atoms with Crippen LogP contribution in [0, 0.1) is 6.92 Å². The second kappa shape index (κ2) is 5.19. The molecule has 1 aromatic heterocycles. The van der Waals surface area contributed by atoms with Crippen LogP contribution in [0.5, 0.6) is 0 Å². The minimum atomic E-state index is 0.702. The summed E-state index contributed by atoms with van der Waals surface area (Å²) in [5.74, 6) is 1.80. The molecular weight excluding hydrogens is 302 g/mol. The first kappa shape index (κ1) is 12.6. The van der Waals surface area contributed by atoms with Crippen molar-refractivity contribution in [2.45, 2.75) is 25.7 Å². The molecule has 0 spiro atoms. The Morgan fingerprint density at radius 3 is 2.65 bits per heavy atom. The molecule has 0 saturated carbocycles. The Morgan fingerprint density at radius 2 is 2.06 bits per heavy atom. The molecule has 2 aromatic rings. The van der Waals surface area contributed by atoms with Crippen molar-refractivity contribution in [2.75, 3.05) is 0 Å². The van der Waals surface area contributed by atoms with Crippen LogP contribution >= 0.6 is 27.5 Å². The van der Waals surface area contributed by atoms with E-state index in [1.807, 2.05) is 19.1 Å². The fraction of sp³-hybridized carbons (Fsp3) is 0.333. The molecule has 0 aliphatic carbocycles. The molecule has 0 aliphatic rings. The van der Waals surface area contributed by atoms with Gasteiger partial charge in [0, 0.05) is 17.1 Å². The standard InChI is InChI=1S/C12H13BrClN3/c1-3-17-11(7-13)15-16-12(17)9-4-8(2)5-10(14)6-9/h4-6H,3,7H2,1-2H3. The smallest absolute Gasteiger partial charge is 0.164 e. The normalized spacial score (nSPS) is 10.8. The molecular formula is C12H13BrClN3. The van der Waals surface area contributed by atoms with Gasteiger partial charge in [0.25, 0.3) is 0 Å². The summed E-state index contributed by atoms with van der Waals surface area (Å²) >= 11 is 9.48. The van der Waals surface area contributed by atoms with Crippen molar-refractivity contribution in [2.24, 2.45) is 0 Å². The Balaban J connectivity index is 2.55. The fourth-order valence-corrected chi connectivity index (χ4v) is 2.55. The lowest BCUT2D eigenvalue weighted by molar-refractivity contribution is 0.733. The fourth-order valence-electron chi connectivity index (χ4n) is 1.85. The van der Waals surface area contributed by atoms with Gasteiger partial charge in [0.2, 0.25) is 0 Å². The Labute approximate surface area is 114 Å². The monoisotopic (exact) mass is 313 g/mol. The summed E-state index contributed by atoms with van der Waals surface area (Å²) in [6.45, 7) is 4.94. The van der Waals surface area contributed by atoms with Crippen LogP contribution < -0.4 is 0 Å². The topological polar surface area (TPSA) is 30.7 Å². The molecule has 0 aliphatic heterocycles. The summed E-state index contributed by atoms with van der Waals surface area (Å²) in [5, 5.41) is 9.83. The molecule has 0 unspecified atom stereocenters. The Morgan fingerprint density at radius 1 is 1.29 bits per heavy atom. The molecule has 1 heterocycles. The third kappa shape index (κ3) is 2.53. The molecule has 0 bridgehead atoms. The van der Waals surface area contributed by atoms with Crippen LogP contribution in [0.3, 0.4) is 0 Å². The van der Waals surface area contributed by atoms with Gasteiger partial charge in [-0.3, -0.25) is 0 Å². The number of aryl methyl sites for hydroxylation is 1. The van der Waals surface area contributed by atoms with Crippen LogP contribution in [0.2, 0.25) is 5.02 Å². The molecule has 1 aromatic carbocycles. The van der Waals surface area contributed by atoms with E-state index in [1.54, 1.807) is 0 Å². The molecule has 0 saturated heterocycles. The van der Waals surface area contributed by atoms with E-state index in [-0.39, 0.29) is 0 Å². The summed E-state index contributed by atoms with van der Waals surface area (Å²) < 4.78 is 2.08. The van der Waals surface area contributed by atoms with Crippen molar-refractivity contribution in [3.8, 4) is 11.4 Å². The van der Waals surface area contributed by atoms with E-state index in [0.29, 0.717) is 5.33 Å². The molecule has 0 N–H and O–H groups in total. The lowest BCUT2D eigenvalue weighted by Gasteiger charge is -2.07. The zero-order valence-corrected chi connectivity index (χ0v) is 12.1. The van der Waals surface area contributed by atoms with E-state index in [1.165, 1.54) is 0 Å².